The molecule has 0 unspecified atom stereocenters. The minimum atomic E-state index is -4.90. The summed E-state index contributed by atoms with van der Waals surface area (Å²) in [5.74, 6) is 0. The Kier molecular flexibility index (Phi) is 64.5. The predicted octanol–water partition coefficient (Wildman–Crippen LogP) is 23.4. The van der Waals surface area contributed by atoms with Crippen LogP contribution in [0.15, 0.2) is 0 Å². The summed E-state index contributed by atoms with van der Waals surface area (Å²) in [5.41, 5.74) is 0. The topological polar surface area (TPSA) is 116 Å². The van der Waals surface area contributed by atoms with Gasteiger partial charge in [-0.3, -0.25) is 22.6 Å². The second kappa shape index (κ2) is 61.1. The first-order chi connectivity index (χ1) is 35.7. The van der Waals surface area contributed by atoms with E-state index in [1.807, 2.05) is 0 Å². The first-order valence-corrected chi connectivity index (χ1v) is 36.6. The van der Waals surface area contributed by atoms with Crippen molar-refractivity contribution in [2.45, 2.75) is 356 Å². The zero-order chi connectivity index (χ0) is 53.3. The number of phosphoric acid groups is 3. The Bertz CT molecular complexity index is 1110. The summed E-state index contributed by atoms with van der Waals surface area (Å²) in [6, 6.07) is 0. The van der Waals surface area contributed by atoms with Gasteiger partial charge in [0.2, 0.25) is 0 Å². The van der Waals surface area contributed by atoms with Crippen LogP contribution in [-0.4, -0.2) is 84.4 Å². The Morgan fingerprint density at radius 3 is 0.459 bits per heavy atom. The Balaban J connectivity index is 0. The number of phosphoric ester groups is 2. The van der Waals surface area contributed by atoms with Crippen LogP contribution >= 0.6 is 23.5 Å². The van der Waals surface area contributed by atoms with Gasteiger partial charge in [0.1, 0.15) is 0 Å². The summed E-state index contributed by atoms with van der Waals surface area (Å²) in [6.45, 7) is 11.6. The van der Waals surface area contributed by atoms with E-state index in [0.717, 1.165) is 96.3 Å². The van der Waals surface area contributed by atoms with E-state index in [-0.39, 0.29) is 84.4 Å². The molecule has 0 fully saturated rings. The quantitative estimate of drug-likeness (QED) is 0.0331. The maximum atomic E-state index is 15.0. The van der Waals surface area contributed by atoms with Crippen molar-refractivity contribution in [3.63, 3.8) is 0 Å². The van der Waals surface area contributed by atoms with E-state index in [0.29, 0.717) is 32.1 Å². The molecule has 14 heteroatoms. The summed E-state index contributed by atoms with van der Waals surface area (Å²) >= 11 is 0. The van der Waals surface area contributed by atoms with E-state index in [9.17, 15) is 13.7 Å². The number of hydrogen-bond donors (Lipinski definition) is 0. The van der Waals surface area contributed by atoms with Crippen LogP contribution in [0, 0.1) is 0 Å². The van der Waals surface area contributed by atoms with Crippen molar-refractivity contribution in [3.05, 3.63) is 0 Å². The average molecular weight is 1140 g/mol. The normalized spacial score (nSPS) is 12.3. The molecule has 0 heterocycles. The second-order valence-electron chi connectivity index (χ2n) is 21.6. The molecular formula is C60H126KO10P3. The van der Waals surface area contributed by atoms with Crippen molar-refractivity contribution in [1.29, 1.82) is 0 Å². The summed E-state index contributed by atoms with van der Waals surface area (Å²) in [5, 5.41) is 0. The molecule has 0 aliphatic carbocycles. The molecule has 0 aliphatic heterocycles. The molecule has 0 aromatic heterocycles. The van der Waals surface area contributed by atoms with Gasteiger partial charge in [0.25, 0.3) is 0 Å². The molecule has 0 bridgehead atoms. The molecule has 0 amide bonds. The number of unbranched alkanes of at least 4 members (excludes halogenated alkanes) is 45. The van der Waals surface area contributed by atoms with Gasteiger partial charge in [-0.15, -0.1) is 0 Å². The summed E-state index contributed by atoms with van der Waals surface area (Å²) < 4.78 is 86.0. The average Bonchev–Trinajstić information content (AvgIpc) is 3.37. The summed E-state index contributed by atoms with van der Waals surface area (Å²) in [7, 11) is -13.9. The Morgan fingerprint density at radius 2 is 0.311 bits per heavy atom. The molecule has 0 rings (SSSR count). The van der Waals surface area contributed by atoms with Crippen LogP contribution in [0.25, 0.3) is 0 Å². The van der Waals surface area contributed by atoms with Gasteiger partial charge in [-0.2, -0.15) is 8.62 Å². The van der Waals surface area contributed by atoms with E-state index >= 15 is 0 Å². The monoisotopic (exact) mass is 1140 g/mol. The molecule has 442 valence electrons. The minimum absolute atomic E-state index is 0. The van der Waals surface area contributed by atoms with E-state index in [2.05, 4.69) is 34.6 Å². The molecule has 0 atom stereocenters. The van der Waals surface area contributed by atoms with Crippen LogP contribution in [0.4, 0.5) is 0 Å². The van der Waals surface area contributed by atoms with Crippen molar-refractivity contribution in [2.24, 2.45) is 0 Å². The van der Waals surface area contributed by atoms with Gasteiger partial charge in [-0.25, -0.2) is 13.7 Å². The molecule has 74 heavy (non-hydrogen) atoms. The molecule has 0 aromatic carbocycles. The third-order valence-electron chi connectivity index (χ3n) is 14.1. The first-order valence-electron chi connectivity index (χ1n) is 32.2. The second-order valence-corrected chi connectivity index (χ2v) is 26.9. The van der Waals surface area contributed by atoms with Crippen LogP contribution < -0.4 is 0 Å². The molecular weight excluding hydrogens is 1010 g/mol. The van der Waals surface area contributed by atoms with Crippen LogP contribution in [0.1, 0.15) is 356 Å². The Morgan fingerprint density at radius 1 is 0.189 bits per heavy atom. The molecule has 0 aromatic rings. The maximum absolute atomic E-state index is 15.0. The van der Waals surface area contributed by atoms with Gasteiger partial charge in [0.15, 0.2) is 0 Å². The number of hydrogen-bond acceptors (Lipinski definition) is 10. The molecule has 0 radical (unpaired) electrons. The summed E-state index contributed by atoms with van der Waals surface area (Å²) in [4.78, 5) is 0. The van der Waals surface area contributed by atoms with Crippen molar-refractivity contribution in [1.82, 2.24) is 0 Å². The Hall–Kier alpha value is 2.05. The standard InChI is InChI=1S/C60H125O10P3.K.H/c1-6-11-16-21-26-31-36-41-46-51-56-64-71(61,65-57-52-47-42-37-32-27-22-17-12-7-2)69-73(63,68-60-55-50-45-40-35-30-25-20-15-10-5)70-72(62,66-58-53-48-43-38-33-28-23-18-13-8-3)67-59-54-49-44-39-34-29-24-19-14-9-4;;/h6-60H2,1-5H3;;. The number of rotatable bonds is 64. The van der Waals surface area contributed by atoms with Crippen molar-refractivity contribution in [3.8, 4) is 0 Å². The van der Waals surface area contributed by atoms with Crippen LogP contribution in [0.3, 0.4) is 0 Å². The third-order valence-corrected chi connectivity index (χ3v) is 19.8. The van der Waals surface area contributed by atoms with Crippen molar-refractivity contribution < 1.29 is 44.9 Å². The molecule has 10 nitrogen and oxygen atoms in total. The van der Waals surface area contributed by atoms with Crippen LogP contribution in [0.5, 0.6) is 0 Å². The SMILES string of the molecule is CCCCCCCCCCCCOP(=O)(OCCCCCCCCCCCC)OP(=O)(OCCCCCCCCCCCC)OP(=O)(OCCCCCCCCCCCC)OCCCCCCCCCCCC.[KH]. The molecule has 0 N–H and O–H groups in total. The zero-order valence-electron chi connectivity index (χ0n) is 49.3. The van der Waals surface area contributed by atoms with E-state index in [1.165, 1.54) is 193 Å². The van der Waals surface area contributed by atoms with E-state index < -0.39 is 23.5 Å². The molecule has 0 spiro atoms. The molecule has 0 saturated carbocycles. The Labute approximate surface area is 504 Å². The van der Waals surface area contributed by atoms with Gasteiger partial charge in [0.05, 0.1) is 33.0 Å². The van der Waals surface area contributed by atoms with E-state index in [1.54, 1.807) is 0 Å². The first kappa shape index (κ1) is 78.1. The predicted molar refractivity (Wildman–Crippen MR) is 321 cm³/mol. The van der Waals surface area contributed by atoms with Gasteiger partial charge >= 0.3 is 74.9 Å². The van der Waals surface area contributed by atoms with Crippen LogP contribution in [0.2, 0.25) is 0 Å². The van der Waals surface area contributed by atoms with E-state index in [4.69, 9.17) is 31.2 Å². The van der Waals surface area contributed by atoms with Gasteiger partial charge in [0, 0.05) is 0 Å². The van der Waals surface area contributed by atoms with Gasteiger partial charge < -0.3 is 0 Å². The van der Waals surface area contributed by atoms with Gasteiger partial charge in [-0.05, 0) is 32.1 Å². The molecule has 0 saturated heterocycles. The zero-order valence-corrected chi connectivity index (χ0v) is 52.0. The fourth-order valence-corrected chi connectivity index (χ4v) is 14.7. The summed E-state index contributed by atoms with van der Waals surface area (Å²) in [6.07, 6.45) is 56.7. The molecule has 0 aliphatic rings. The fourth-order valence-electron chi connectivity index (χ4n) is 9.31. The van der Waals surface area contributed by atoms with Gasteiger partial charge in [-0.1, -0.05) is 324 Å². The van der Waals surface area contributed by atoms with Crippen molar-refractivity contribution in [2.75, 3.05) is 33.0 Å². The third kappa shape index (κ3) is 55.9. The van der Waals surface area contributed by atoms with Crippen molar-refractivity contribution >= 4 is 74.9 Å². The fraction of sp³-hybridized carbons (Fsp3) is 1.00. The van der Waals surface area contributed by atoms with Crippen LogP contribution in [-0.2, 0) is 44.9 Å².